The van der Waals surface area contributed by atoms with Gasteiger partial charge in [0.05, 0.1) is 5.75 Å². The first-order valence-electron chi connectivity index (χ1n) is 8.59. The van der Waals surface area contributed by atoms with Crippen molar-refractivity contribution in [1.29, 1.82) is 0 Å². The highest BCUT2D eigenvalue weighted by Gasteiger charge is 2.11. The Morgan fingerprint density at radius 3 is 2.57 bits per heavy atom. The number of anilines is 2. The molecule has 11 heteroatoms. The summed E-state index contributed by atoms with van der Waals surface area (Å²) in [4.78, 5) is 24.1. The molecule has 30 heavy (non-hydrogen) atoms. The first-order chi connectivity index (χ1) is 14.4. The second-order valence-corrected chi connectivity index (χ2v) is 9.01. The molecule has 1 aromatic heterocycles. The largest absolute Gasteiger partial charge is 0.484 e. The number of hydrogen-bond donors (Lipinski definition) is 2. The van der Waals surface area contributed by atoms with Crippen molar-refractivity contribution < 1.29 is 14.3 Å². The summed E-state index contributed by atoms with van der Waals surface area (Å²) in [7, 11) is 0. The third-order valence-electron chi connectivity index (χ3n) is 3.62. The van der Waals surface area contributed by atoms with E-state index in [0.717, 1.165) is 5.56 Å². The van der Waals surface area contributed by atoms with E-state index in [1.165, 1.54) is 23.1 Å². The monoisotopic (exact) mass is 482 g/mol. The zero-order chi connectivity index (χ0) is 21.5. The number of nitrogens with one attached hydrogen (secondary N) is 2. The van der Waals surface area contributed by atoms with Crippen LogP contribution in [0.3, 0.4) is 0 Å². The number of ether oxygens (including phenoxy) is 1. The summed E-state index contributed by atoms with van der Waals surface area (Å²) in [6.45, 7) is 1.71. The van der Waals surface area contributed by atoms with Crippen LogP contribution < -0.4 is 15.4 Å². The molecule has 2 amide bonds. The molecule has 0 radical (unpaired) electrons. The van der Waals surface area contributed by atoms with Crippen LogP contribution in [0.15, 0.2) is 46.8 Å². The van der Waals surface area contributed by atoms with Crippen LogP contribution in [0, 0.1) is 6.92 Å². The molecule has 3 rings (SSSR count). The van der Waals surface area contributed by atoms with Crippen LogP contribution in [-0.4, -0.2) is 34.4 Å². The second-order valence-electron chi connectivity index (χ2n) is 5.96. The highest BCUT2D eigenvalue weighted by atomic mass is 35.5. The van der Waals surface area contributed by atoms with Gasteiger partial charge in [0, 0.05) is 15.7 Å². The molecule has 0 aliphatic rings. The van der Waals surface area contributed by atoms with Crippen LogP contribution >= 0.6 is 46.3 Å². The fourth-order valence-corrected chi connectivity index (χ4v) is 4.02. The van der Waals surface area contributed by atoms with Gasteiger partial charge in [0.25, 0.3) is 5.91 Å². The van der Waals surface area contributed by atoms with Crippen molar-refractivity contribution in [2.45, 2.75) is 11.3 Å². The number of nitrogens with zero attached hydrogens (tertiary/aromatic N) is 2. The molecular weight excluding hydrogens is 467 g/mol. The number of hydrogen-bond acceptors (Lipinski definition) is 7. The summed E-state index contributed by atoms with van der Waals surface area (Å²) in [6.07, 6.45) is 0. The van der Waals surface area contributed by atoms with Crippen molar-refractivity contribution in [2.24, 2.45) is 0 Å². The van der Waals surface area contributed by atoms with Gasteiger partial charge < -0.3 is 10.1 Å². The highest BCUT2D eigenvalue weighted by molar-refractivity contribution is 8.01. The van der Waals surface area contributed by atoms with E-state index in [-0.39, 0.29) is 24.2 Å². The third kappa shape index (κ3) is 6.88. The van der Waals surface area contributed by atoms with E-state index in [1.54, 1.807) is 36.4 Å². The van der Waals surface area contributed by atoms with Gasteiger partial charge >= 0.3 is 0 Å². The highest BCUT2D eigenvalue weighted by Crippen LogP contribution is 2.26. The summed E-state index contributed by atoms with van der Waals surface area (Å²) in [5.74, 6) is 0.112. The average Bonchev–Trinajstić information content (AvgIpc) is 3.16. The molecule has 0 spiro atoms. The maximum atomic E-state index is 12.1. The number of halogens is 2. The van der Waals surface area contributed by atoms with Gasteiger partial charge in [-0.05, 0) is 48.9 Å². The fraction of sp³-hybridized carbons (Fsp3) is 0.158. The van der Waals surface area contributed by atoms with Gasteiger partial charge in [-0.15, -0.1) is 10.2 Å². The third-order valence-corrected chi connectivity index (χ3v) is 6.25. The molecule has 0 aliphatic carbocycles. The van der Waals surface area contributed by atoms with Crippen molar-refractivity contribution in [3.8, 4) is 5.75 Å². The first kappa shape index (κ1) is 22.4. The average molecular weight is 483 g/mol. The molecule has 156 valence electrons. The molecule has 0 aliphatic heterocycles. The van der Waals surface area contributed by atoms with Crippen molar-refractivity contribution in [1.82, 2.24) is 10.2 Å². The van der Waals surface area contributed by atoms with Crippen LogP contribution in [0.1, 0.15) is 5.56 Å². The Labute approximate surface area is 191 Å². The Morgan fingerprint density at radius 2 is 1.83 bits per heavy atom. The number of carbonyl (C=O) groups is 2. The normalized spacial score (nSPS) is 10.5. The molecule has 0 fully saturated rings. The van der Waals surface area contributed by atoms with Crippen LogP contribution in [0.4, 0.5) is 10.8 Å². The van der Waals surface area contributed by atoms with Crippen LogP contribution in [0.25, 0.3) is 0 Å². The Hall–Kier alpha value is -2.33. The van der Waals surface area contributed by atoms with E-state index >= 15 is 0 Å². The number of aryl methyl sites for hydroxylation is 1. The summed E-state index contributed by atoms with van der Waals surface area (Å²) < 4.78 is 5.93. The molecule has 0 unspecified atom stereocenters. The van der Waals surface area contributed by atoms with Gasteiger partial charge in [-0.25, -0.2) is 0 Å². The van der Waals surface area contributed by atoms with E-state index in [1.807, 2.05) is 13.0 Å². The molecule has 2 aromatic carbocycles. The zero-order valence-corrected chi connectivity index (χ0v) is 18.8. The van der Waals surface area contributed by atoms with Gasteiger partial charge in [0.1, 0.15) is 5.75 Å². The Kier molecular flexibility index (Phi) is 7.92. The van der Waals surface area contributed by atoms with Gasteiger partial charge in [-0.3, -0.25) is 14.9 Å². The lowest BCUT2D eigenvalue weighted by Gasteiger charge is -2.06. The molecular formula is C19H16Cl2N4O3S2. The van der Waals surface area contributed by atoms with Crippen LogP contribution in [-0.2, 0) is 9.59 Å². The maximum Gasteiger partial charge on any atom is 0.264 e. The number of benzene rings is 2. The molecule has 0 saturated carbocycles. The predicted molar refractivity (Wildman–Crippen MR) is 121 cm³/mol. The molecule has 0 bridgehead atoms. The minimum Gasteiger partial charge on any atom is -0.484 e. The van der Waals surface area contributed by atoms with Crippen molar-refractivity contribution in [2.75, 3.05) is 23.0 Å². The lowest BCUT2D eigenvalue weighted by atomic mass is 10.2. The lowest BCUT2D eigenvalue weighted by Crippen LogP contribution is -2.20. The maximum absolute atomic E-state index is 12.1. The van der Waals surface area contributed by atoms with E-state index in [0.29, 0.717) is 31.0 Å². The molecule has 1 heterocycles. The minimum absolute atomic E-state index is 0.147. The molecule has 0 saturated heterocycles. The number of rotatable bonds is 8. The Balaban J connectivity index is 1.42. The number of aromatic nitrogens is 2. The SMILES string of the molecule is Cc1ccc(NC(=O)CSc2nnc(NC(=O)COc3ccc(Cl)cc3)s2)cc1Cl. The molecule has 0 atom stereocenters. The van der Waals surface area contributed by atoms with Crippen molar-refractivity contribution >= 4 is 68.9 Å². The fourth-order valence-electron chi connectivity index (χ4n) is 2.15. The second kappa shape index (κ2) is 10.6. The predicted octanol–water partition coefficient (Wildman–Crippen LogP) is 4.90. The zero-order valence-electron chi connectivity index (χ0n) is 15.6. The van der Waals surface area contributed by atoms with Crippen LogP contribution in [0.5, 0.6) is 5.75 Å². The molecule has 2 N–H and O–H groups in total. The molecule has 3 aromatic rings. The van der Waals surface area contributed by atoms with E-state index in [9.17, 15) is 9.59 Å². The Morgan fingerprint density at radius 1 is 1.07 bits per heavy atom. The van der Waals surface area contributed by atoms with Crippen LogP contribution in [0.2, 0.25) is 10.0 Å². The quantitative estimate of drug-likeness (QED) is 0.350. The first-order valence-corrected chi connectivity index (χ1v) is 11.2. The Bertz CT molecular complexity index is 1040. The smallest absolute Gasteiger partial charge is 0.264 e. The number of carbonyl (C=O) groups excluding carboxylic acids is 2. The van der Waals surface area contributed by atoms with Crippen molar-refractivity contribution in [3.05, 3.63) is 58.1 Å². The lowest BCUT2D eigenvalue weighted by molar-refractivity contribution is -0.118. The van der Waals surface area contributed by atoms with Gasteiger partial charge in [0.2, 0.25) is 11.0 Å². The number of amides is 2. The summed E-state index contributed by atoms with van der Waals surface area (Å²) in [6, 6.07) is 12.0. The van der Waals surface area contributed by atoms with Gasteiger partial charge in [-0.2, -0.15) is 0 Å². The summed E-state index contributed by atoms with van der Waals surface area (Å²) >= 11 is 14.2. The van der Waals surface area contributed by atoms with E-state index in [2.05, 4.69) is 20.8 Å². The van der Waals surface area contributed by atoms with Gasteiger partial charge in [0.15, 0.2) is 10.9 Å². The standard InChI is InChI=1S/C19H16Cl2N4O3S2/c1-11-2-5-13(8-15(11)21)22-17(27)10-29-19-25-24-18(30-19)23-16(26)9-28-14-6-3-12(20)4-7-14/h2-8H,9-10H2,1H3,(H,22,27)(H,23,24,26). The summed E-state index contributed by atoms with van der Waals surface area (Å²) in [5.41, 5.74) is 1.56. The number of thioether (sulfide) groups is 1. The topological polar surface area (TPSA) is 93.2 Å². The summed E-state index contributed by atoms with van der Waals surface area (Å²) in [5, 5.41) is 14.7. The van der Waals surface area contributed by atoms with E-state index < -0.39 is 0 Å². The minimum atomic E-state index is -0.369. The van der Waals surface area contributed by atoms with Crippen molar-refractivity contribution in [3.63, 3.8) is 0 Å². The molecule has 7 nitrogen and oxygen atoms in total. The van der Waals surface area contributed by atoms with Gasteiger partial charge in [-0.1, -0.05) is 52.4 Å². The van der Waals surface area contributed by atoms with E-state index in [4.69, 9.17) is 27.9 Å².